The average Bonchev–Trinajstić information content (AvgIpc) is 2.37. The summed E-state index contributed by atoms with van der Waals surface area (Å²) in [5, 5.41) is 2.82. The fraction of sp³-hybridized carbons (Fsp3) is 0.938. The maximum atomic E-state index is 11.8. The molecule has 0 rings (SSSR count). The number of hydrogen-bond acceptors (Lipinski definition) is 4. The molecule has 1 amide bonds. The molecule has 126 valence electrons. The van der Waals surface area contributed by atoms with Gasteiger partial charge in [0.25, 0.3) is 0 Å². The normalized spacial score (nSPS) is 11.7. The van der Waals surface area contributed by atoms with Crippen molar-refractivity contribution in [1.29, 1.82) is 0 Å². The minimum Gasteiger partial charge on any atom is -0.444 e. The molecule has 0 aromatic rings. The van der Waals surface area contributed by atoms with E-state index >= 15 is 0 Å². The summed E-state index contributed by atoms with van der Waals surface area (Å²) in [5.74, 6) is 0. The van der Waals surface area contributed by atoms with Crippen LogP contribution in [0.2, 0.25) is 0 Å². The standard InChI is InChI=1S/C16H33NO4/c1-6-8-10-19-12-14(13-20-11-9-7-2)17-15(18)21-16(3,4)5/h14H,6-13H2,1-5H3,(H,17,18). The highest BCUT2D eigenvalue weighted by molar-refractivity contribution is 5.68. The maximum absolute atomic E-state index is 11.8. The number of rotatable bonds is 11. The molecule has 0 fully saturated rings. The van der Waals surface area contributed by atoms with Crippen LogP contribution in [0.15, 0.2) is 0 Å². The number of carbonyl (C=O) groups is 1. The van der Waals surface area contributed by atoms with Crippen molar-refractivity contribution >= 4 is 6.09 Å². The Balaban J connectivity index is 4.12. The first-order valence-electron chi connectivity index (χ1n) is 8.04. The number of amides is 1. The van der Waals surface area contributed by atoms with Gasteiger partial charge in [-0.25, -0.2) is 4.79 Å². The molecule has 0 radical (unpaired) electrons. The van der Waals surface area contributed by atoms with Gasteiger partial charge in [-0.2, -0.15) is 0 Å². The monoisotopic (exact) mass is 303 g/mol. The summed E-state index contributed by atoms with van der Waals surface area (Å²) < 4.78 is 16.4. The highest BCUT2D eigenvalue weighted by Crippen LogP contribution is 2.07. The van der Waals surface area contributed by atoms with Crippen molar-refractivity contribution in [3.8, 4) is 0 Å². The van der Waals surface area contributed by atoms with Gasteiger partial charge in [0.15, 0.2) is 0 Å². The average molecular weight is 303 g/mol. The molecule has 0 atom stereocenters. The first-order valence-corrected chi connectivity index (χ1v) is 8.04. The molecule has 0 aliphatic rings. The number of hydrogen-bond donors (Lipinski definition) is 1. The highest BCUT2D eigenvalue weighted by Gasteiger charge is 2.19. The van der Waals surface area contributed by atoms with Gasteiger partial charge in [0, 0.05) is 13.2 Å². The van der Waals surface area contributed by atoms with E-state index in [4.69, 9.17) is 14.2 Å². The molecular weight excluding hydrogens is 270 g/mol. The second kappa shape index (κ2) is 11.8. The van der Waals surface area contributed by atoms with Gasteiger partial charge in [-0.3, -0.25) is 0 Å². The van der Waals surface area contributed by atoms with Gasteiger partial charge in [-0.1, -0.05) is 26.7 Å². The van der Waals surface area contributed by atoms with Crippen LogP contribution < -0.4 is 5.32 Å². The molecule has 5 nitrogen and oxygen atoms in total. The van der Waals surface area contributed by atoms with Crippen LogP contribution in [0.4, 0.5) is 4.79 Å². The Morgan fingerprint density at radius 2 is 1.48 bits per heavy atom. The topological polar surface area (TPSA) is 56.8 Å². The molecule has 1 N–H and O–H groups in total. The number of carbonyl (C=O) groups excluding carboxylic acids is 1. The van der Waals surface area contributed by atoms with Crippen LogP contribution in [-0.4, -0.2) is 44.2 Å². The Morgan fingerprint density at radius 3 is 1.86 bits per heavy atom. The van der Waals surface area contributed by atoms with E-state index in [0.29, 0.717) is 26.4 Å². The molecule has 0 saturated heterocycles. The summed E-state index contributed by atoms with van der Waals surface area (Å²) in [5.41, 5.74) is -0.499. The van der Waals surface area contributed by atoms with Crippen molar-refractivity contribution in [2.45, 2.75) is 71.9 Å². The van der Waals surface area contributed by atoms with E-state index < -0.39 is 11.7 Å². The lowest BCUT2D eigenvalue weighted by Crippen LogP contribution is -2.44. The molecule has 0 aromatic carbocycles. The van der Waals surface area contributed by atoms with Gasteiger partial charge >= 0.3 is 6.09 Å². The molecule has 0 heterocycles. The van der Waals surface area contributed by atoms with Crippen molar-refractivity contribution in [3.63, 3.8) is 0 Å². The number of unbranched alkanes of at least 4 members (excludes halogenated alkanes) is 2. The Bertz CT molecular complexity index is 251. The Kier molecular flexibility index (Phi) is 11.4. The van der Waals surface area contributed by atoms with E-state index in [1.807, 2.05) is 20.8 Å². The second-order valence-electron chi connectivity index (χ2n) is 6.20. The predicted molar refractivity (Wildman–Crippen MR) is 84.6 cm³/mol. The summed E-state index contributed by atoms with van der Waals surface area (Å²) in [7, 11) is 0. The van der Waals surface area contributed by atoms with Crippen molar-refractivity contribution in [1.82, 2.24) is 5.32 Å². The molecule has 0 aromatic heterocycles. The Hall–Kier alpha value is -0.810. The van der Waals surface area contributed by atoms with E-state index in [2.05, 4.69) is 19.2 Å². The van der Waals surface area contributed by atoms with Gasteiger partial charge in [-0.15, -0.1) is 0 Å². The van der Waals surface area contributed by atoms with Crippen LogP contribution >= 0.6 is 0 Å². The molecule has 5 heteroatoms. The van der Waals surface area contributed by atoms with E-state index in [9.17, 15) is 4.79 Å². The smallest absolute Gasteiger partial charge is 0.408 e. The zero-order valence-corrected chi connectivity index (χ0v) is 14.4. The summed E-state index contributed by atoms with van der Waals surface area (Å²) in [4.78, 5) is 11.8. The lowest BCUT2D eigenvalue weighted by molar-refractivity contribution is 0.0281. The number of alkyl carbamates (subject to hydrolysis) is 1. The zero-order chi connectivity index (χ0) is 16.1. The van der Waals surface area contributed by atoms with Gasteiger partial charge in [0.2, 0.25) is 0 Å². The van der Waals surface area contributed by atoms with E-state index in [-0.39, 0.29) is 6.04 Å². The van der Waals surface area contributed by atoms with Crippen molar-refractivity contribution in [2.24, 2.45) is 0 Å². The SMILES string of the molecule is CCCCOCC(COCCCC)NC(=O)OC(C)(C)C. The Labute approximate surface area is 129 Å². The molecular formula is C16H33NO4. The third kappa shape index (κ3) is 13.9. The van der Waals surface area contributed by atoms with Gasteiger partial charge in [-0.05, 0) is 33.6 Å². The molecule has 21 heavy (non-hydrogen) atoms. The van der Waals surface area contributed by atoms with Crippen LogP contribution in [-0.2, 0) is 14.2 Å². The lowest BCUT2D eigenvalue weighted by Gasteiger charge is -2.23. The quantitative estimate of drug-likeness (QED) is 0.593. The van der Waals surface area contributed by atoms with E-state index in [1.54, 1.807) is 0 Å². The molecule has 0 aliphatic heterocycles. The summed E-state index contributed by atoms with van der Waals surface area (Å²) in [6.45, 7) is 12.1. The third-order valence-electron chi connectivity index (χ3n) is 2.64. The van der Waals surface area contributed by atoms with Crippen molar-refractivity contribution < 1.29 is 19.0 Å². The van der Waals surface area contributed by atoms with Crippen LogP contribution in [0, 0.1) is 0 Å². The van der Waals surface area contributed by atoms with Gasteiger partial charge < -0.3 is 19.5 Å². The zero-order valence-electron chi connectivity index (χ0n) is 14.4. The van der Waals surface area contributed by atoms with Crippen LogP contribution in [0.5, 0.6) is 0 Å². The first-order chi connectivity index (χ1) is 9.89. The van der Waals surface area contributed by atoms with E-state index in [0.717, 1.165) is 25.7 Å². The highest BCUT2D eigenvalue weighted by atomic mass is 16.6. The fourth-order valence-electron chi connectivity index (χ4n) is 1.55. The molecule has 0 aliphatic carbocycles. The van der Waals surface area contributed by atoms with E-state index in [1.165, 1.54) is 0 Å². The second-order valence-corrected chi connectivity index (χ2v) is 6.20. The van der Waals surface area contributed by atoms with Crippen LogP contribution in [0.3, 0.4) is 0 Å². The minimum absolute atomic E-state index is 0.173. The number of nitrogens with one attached hydrogen (secondary N) is 1. The third-order valence-corrected chi connectivity index (χ3v) is 2.64. The largest absolute Gasteiger partial charge is 0.444 e. The van der Waals surface area contributed by atoms with Crippen LogP contribution in [0.1, 0.15) is 60.3 Å². The molecule has 0 saturated carbocycles. The molecule has 0 unspecified atom stereocenters. The summed E-state index contributed by atoms with van der Waals surface area (Å²) in [6.07, 6.45) is 3.81. The van der Waals surface area contributed by atoms with Crippen molar-refractivity contribution in [2.75, 3.05) is 26.4 Å². The molecule has 0 spiro atoms. The van der Waals surface area contributed by atoms with Crippen LogP contribution in [0.25, 0.3) is 0 Å². The molecule has 0 bridgehead atoms. The Morgan fingerprint density at radius 1 is 1.00 bits per heavy atom. The minimum atomic E-state index is -0.499. The lowest BCUT2D eigenvalue weighted by atomic mass is 10.2. The first kappa shape index (κ1) is 20.2. The fourth-order valence-corrected chi connectivity index (χ4v) is 1.55. The number of ether oxygens (including phenoxy) is 3. The predicted octanol–water partition coefficient (Wildman–Crippen LogP) is 3.51. The summed E-state index contributed by atoms with van der Waals surface area (Å²) in [6, 6.07) is -0.173. The maximum Gasteiger partial charge on any atom is 0.408 e. The van der Waals surface area contributed by atoms with Crippen molar-refractivity contribution in [3.05, 3.63) is 0 Å². The van der Waals surface area contributed by atoms with Gasteiger partial charge in [0.05, 0.1) is 19.3 Å². The summed E-state index contributed by atoms with van der Waals surface area (Å²) >= 11 is 0. The van der Waals surface area contributed by atoms with Gasteiger partial charge in [0.1, 0.15) is 5.60 Å².